The molecule has 24 heavy (non-hydrogen) atoms. The fourth-order valence-corrected chi connectivity index (χ4v) is 2.31. The van der Waals surface area contributed by atoms with E-state index in [1.165, 1.54) is 12.1 Å². The van der Waals surface area contributed by atoms with Crippen LogP contribution in [0.4, 0.5) is 10.1 Å². The first-order chi connectivity index (χ1) is 11.4. The highest BCUT2D eigenvalue weighted by Gasteiger charge is 2.08. The van der Waals surface area contributed by atoms with Crippen LogP contribution in [0.25, 0.3) is 0 Å². The maximum atomic E-state index is 13.1. The van der Waals surface area contributed by atoms with E-state index in [1.54, 1.807) is 30.3 Å². The van der Waals surface area contributed by atoms with Crippen molar-refractivity contribution in [3.63, 3.8) is 0 Å². The molecule has 0 saturated carbocycles. The second-order valence-electron chi connectivity index (χ2n) is 5.65. The molecule has 0 unspecified atom stereocenters. The molecule has 0 heterocycles. The molecule has 0 aliphatic rings. The summed E-state index contributed by atoms with van der Waals surface area (Å²) in [7, 11) is 3.92. The van der Waals surface area contributed by atoms with Gasteiger partial charge in [0.25, 0.3) is 0 Å². The molecule has 2 aromatic carbocycles. The normalized spacial score (nSPS) is 10.7. The largest absolute Gasteiger partial charge is 0.491 e. The molecular formula is C18H20ClFN2O2. The summed E-state index contributed by atoms with van der Waals surface area (Å²) in [6.45, 7) is 1.31. The molecule has 128 valence electrons. The van der Waals surface area contributed by atoms with Gasteiger partial charge in [0.05, 0.1) is 11.4 Å². The standard InChI is InChI=1S/C18H20ClFN2O2/c1-22(2)8-9-24-17-7-6-15(12-16(17)19)21-18(23)11-13-4-3-5-14(20)10-13/h3-7,10,12H,8-9,11H2,1-2H3,(H,21,23). The number of nitrogens with zero attached hydrogens (tertiary/aromatic N) is 1. The summed E-state index contributed by atoms with van der Waals surface area (Å²) < 4.78 is 18.7. The van der Waals surface area contributed by atoms with Crippen LogP contribution in [-0.4, -0.2) is 38.1 Å². The molecule has 4 nitrogen and oxygen atoms in total. The van der Waals surface area contributed by atoms with Gasteiger partial charge < -0.3 is 15.0 Å². The number of anilines is 1. The number of amides is 1. The Morgan fingerprint density at radius 2 is 2.04 bits per heavy atom. The topological polar surface area (TPSA) is 41.6 Å². The minimum Gasteiger partial charge on any atom is -0.491 e. The lowest BCUT2D eigenvalue weighted by molar-refractivity contribution is -0.115. The zero-order valence-corrected chi connectivity index (χ0v) is 14.4. The first-order valence-electron chi connectivity index (χ1n) is 7.55. The van der Waals surface area contributed by atoms with Gasteiger partial charge in [-0.3, -0.25) is 4.79 Å². The van der Waals surface area contributed by atoms with Crippen molar-refractivity contribution in [2.24, 2.45) is 0 Å². The van der Waals surface area contributed by atoms with Crippen molar-refractivity contribution in [3.8, 4) is 5.75 Å². The average molecular weight is 351 g/mol. The Hall–Kier alpha value is -2.11. The quantitative estimate of drug-likeness (QED) is 0.829. The van der Waals surface area contributed by atoms with Gasteiger partial charge in [0.2, 0.25) is 5.91 Å². The molecule has 0 radical (unpaired) electrons. The second kappa shape index (κ2) is 8.66. The van der Waals surface area contributed by atoms with Gasteiger partial charge in [-0.1, -0.05) is 23.7 Å². The molecule has 2 aromatic rings. The van der Waals surface area contributed by atoms with Crippen LogP contribution in [-0.2, 0) is 11.2 Å². The second-order valence-corrected chi connectivity index (χ2v) is 6.06. The first-order valence-corrected chi connectivity index (χ1v) is 7.93. The number of hydrogen-bond acceptors (Lipinski definition) is 3. The van der Waals surface area contributed by atoms with Crippen LogP contribution in [0.2, 0.25) is 5.02 Å². The van der Waals surface area contributed by atoms with Crippen molar-refractivity contribution in [2.45, 2.75) is 6.42 Å². The van der Waals surface area contributed by atoms with E-state index in [4.69, 9.17) is 16.3 Å². The zero-order valence-electron chi connectivity index (χ0n) is 13.7. The number of likely N-dealkylation sites (N-methyl/N-ethyl adjacent to an activating group) is 1. The van der Waals surface area contributed by atoms with E-state index in [9.17, 15) is 9.18 Å². The fourth-order valence-electron chi connectivity index (χ4n) is 2.07. The summed E-state index contributed by atoms with van der Waals surface area (Å²) in [5, 5.41) is 3.17. The van der Waals surface area contributed by atoms with Crippen LogP contribution in [0.15, 0.2) is 42.5 Å². The van der Waals surface area contributed by atoms with Gasteiger partial charge >= 0.3 is 0 Å². The van der Waals surface area contributed by atoms with Crippen molar-refractivity contribution >= 4 is 23.2 Å². The molecule has 0 spiro atoms. The molecule has 6 heteroatoms. The highest BCUT2D eigenvalue weighted by atomic mass is 35.5. The highest BCUT2D eigenvalue weighted by molar-refractivity contribution is 6.32. The minimum absolute atomic E-state index is 0.0937. The minimum atomic E-state index is -0.359. The summed E-state index contributed by atoms with van der Waals surface area (Å²) in [4.78, 5) is 14.0. The summed E-state index contributed by atoms with van der Waals surface area (Å²) in [6, 6.07) is 11.0. The van der Waals surface area contributed by atoms with Gasteiger partial charge in [-0.05, 0) is 50.0 Å². The van der Waals surface area contributed by atoms with Gasteiger partial charge in [0.15, 0.2) is 0 Å². The van der Waals surface area contributed by atoms with E-state index < -0.39 is 0 Å². The van der Waals surface area contributed by atoms with E-state index in [1.807, 2.05) is 19.0 Å². The summed E-state index contributed by atoms with van der Waals surface area (Å²) >= 11 is 6.17. The van der Waals surface area contributed by atoms with Gasteiger partial charge in [0, 0.05) is 12.2 Å². The Morgan fingerprint density at radius 3 is 2.71 bits per heavy atom. The van der Waals surface area contributed by atoms with Crippen molar-refractivity contribution in [1.29, 1.82) is 0 Å². The summed E-state index contributed by atoms with van der Waals surface area (Å²) in [5.41, 5.74) is 1.18. The lowest BCUT2D eigenvalue weighted by atomic mass is 10.1. The first kappa shape index (κ1) is 18.2. The maximum Gasteiger partial charge on any atom is 0.228 e. The Balaban J connectivity index is 1.92. The predicted molar refractivity (Wildman–Crippen MR) is 94.2 cm³/mol. The van der Waals surface area contributed by atoms with E-state index in [0.717, 1.165) is 6.54 Å². The maximum absolute atomic E-state index is 13.1. The average Bonchev–Trinajstić information content (AvgIpc) is 2.49. The van der Waals surface area contributed by atoms with Crippen molar-refractivity contribution < 1.29 is 13.9 Å². The molecule has 0 aromatic heterocycles. The number of carbonyl (C=O) groups is 1. The Bertz CT molecular complexity index is 707. The molecule has 1 N–H and O–H groups in total. The van der Waals surface area contributed by atoms with Crippen LogP contribution >= 0.6 is 11.6 Å². The van der Waals surface area contributed by atoms with E-state index in [-0.39, 0.29) is 18.1 Å². The highest BCUT2D eigenvalue weighted by Crippen LogP contribution is 2.27. The van der Waals surface area contributed by atoms with Crippen molar-refractivity contribution in [3.05, 3.63) is 58.9 Å². The van der Waals surface area contributed by atoms with Gasteiger partial charge in [-0.15, -0.1) is 0 Å². The molecule has 0 aliphatic carbocycles. The number of nitrogens with one attached hydrogen (secondary N) is 1. The number of carbonyl (C=O) groups excluding carboxylic acids is 1. The number of hydrogen-bond donors (Lipinski definition) is 1. The SMILES string of the molecule is CN(C)CCOc1ccc(NC(=O)Cc2cccc(F)c2)cc1Cl. The molecule has 0 saturated heterocycles. The molecule has 0 fully saturated rings. The molecule has 0 aliphatic heterocycles. The third kappa shape index (κ3) is 5.83. The smallest absolute Gasteiger partial charge is 0.228 e. The van der Waals surface area contributed by atoms with Crippen LogP contribution < -0.4 is 10.1 Å². The Morgan fingerprint density at radius 1 is 1.25 bits per heavy atom. The van der Waals surface area contributed by atoms with Crippen LogP contribution in [0.5, 0.6) is 5.75 Å². The number of halogens is 2. The van der Waals surface area contributed by atoms with Crippen molar-refractivity contribution in [2.75, 3.05) is 32.6 Å². The Kier molecular flexibility index (Phi) is 6.58. The number of rotatable bonds is 7. The van der Waals surface area contributed by atoms with Gasteiger partial charge in [-0.25, -0.2) is 4.39 Å². The van der Waals surface area contributed by atoms with Crippen LogP contribution in [0.1, 0.15) is 5.56 Å². The van der Waals surface area contributed by atoms with Crippen molar-refractivity contribution in [1.82, 2.24) is 4.90 Å². The van der Waals surface area contributed by atoms with Crippen LogP contribution in [0.3, 0.4) is 0 Å². The summed E-state index contributed by atoms with van der Waals surface area (Å²) in [5.74, 6) is -0.0258. The predicted octanol–water partition coefficient (Wildman–Crippen LogP) is 3.60. The molecule has 0 bridgehead atoms. The Labute approximate surface area is 146 Å². The third-order valence-electron chi connectivity index (χ3n) is 3.27. The van der Waals surface area contributed by atoms with Gasteiger partial charge in [-0.2, -0.15) is 0 Å². The molecular weight excluding hydrogens is 331 g/mol. The molecule has 1 amide bonds. The van der Waals surface area contributed by atoms with E-state index in [2.05, 4.69) is 5.32 Å². The monoisotopic (exact) mass is 350 g/mol. The van der Waals surface area contributed by atoms with E-state index in [0.29, 0.717) is 28.6 Å². The number of benzene rings is 2. The zero-order chi connectivity index (χ0) is 17.5. The summed E-state index contributed by atoms with van der Waals surface area (Å²) in [6.07, 6.45) is 0.0937. The third-order valence-corrected chi connectivity index (χ3v) is 3.56. The fraction of sp³-hybridized carbons (Fsp3) is 0.278. The van der Waals surface area contributed by atoms with Crippen LogP contribution in [0, 0.1) is 5.82 Å². The molecule has 0 atom stereocenters. The van der Waals surface area contributed by atoms with Gasteiger partial charge in [0.1, 0.15) is 18.2 Å². The van der Waals surface area contributed by atoms with E-state index >= 15 is 0 Å². The molecule has 2 rings (SSSR count). The lowest BCUT2D eigenvalue weighted by Gasteiger charge is -2.13. The number of ether oxygens (including phenoxy) is 1. The lowest BCUT2D eigenvalue weighted by Crippen LogP contribution is -2.19.